The van der Waals surface area contributed by atoms with Gasteiger partial charge in [-0.15, -0.1) is 0 Å². The third kappa shape index (κ3) is 2.81. The third-order valence-electron chi connectivity index (χ3n) is 2.89. The summed E-state index contributed by atoms with van der Waals surface area (Å²) in [5.74, 6) is 1.15. The SMILES string of the molecule is Cc1cc(C#N)cc(C)c1Oc1ccc(C=O)cc1Cl. The van der Waals surface area contributed by atoms with E-state index in [9.17, 15) is 4.79 Å². The highest BCUT2D eigenvalue weighted by atomic mass is 35.5. The fourth-order valence-corrected chi connectivity index (χ4v) is 2.19. The molecule has 0 aliphatic carbocycles. The molecule has 0 bridgehead atoms. The zero-order chi connectivity index (χ0) is 14.7. The van der Waals surface area contributed by atoms with Crippen LogP contribution in [0, 0.1) is 25.2 Å². The van der Waals surface area contributed by atoms with Crippen LogP contribution in [0.1, 0.15) is 27.0 Å². The molecule has 2 aromatic rings. The number of rotatable bonds is 3. The van der Waals surface area contributed by atoms with E-state index in [4.69, 9.17) is 21.6 Å². The second-order valence-electron chi connectivity index (χ2n) is 4.46. The Balaban J connectivity index is 2.40. The number of halogens is 1. The summed E-state index contributed by atoms with van der Waals surface area (Å²) in [4.78, 5) is 10.7. The van der Waals surface area contributed by atoms with Gasteiger partial charge in [0.15, 0.2) is 0 Å². The summed E-state index contributed by atoms with van der Waals surface area (Å²) < 4.78 is 5.81. The van der Waals surface area contributed by atoms with Crippen molar-refractivity contribution < 1.29 is 9.53 Å². The fraction of sp³-hybridized carbons (Fsp3) is 0.125. The van der Waals surface area contributed by atoms with Gasteiger partial charge in [-0.2, -0.15) is 5.26 Å². The molecule has 4 heteroatoms. The summed E-state index contributed by atoms with van der Waals surface area (Å²) in [5, 5.41) is 9.30. The van der Waals surface area contributed by atoms with E-state index >= 15 is 0 Å². The highest BCUT2D eigenvalue weighted by Crippen LogP contribution is 2.34. The fourth-order valence-electron chi connectivity index (χ4n) is 1.96. The van der Waals surface area contributed by atoms with E-state index in [0.29, 0.717) is 27.6 Å². The van der Waals surface area contributed by atoms with Gasteiger partial charge in [-0.1, -0.05) is 11.6 Å². The molecular formula is C16H12ClNO2. The van der Waals surface area contributed by atoms with E-state index in [0.717, 1.165) is 17.4 Å². The molecule has 0 aliphatic rings. The van der Waals surface area contributed by atoms with Gasteiger partial charge >= 0.3 is 0 Å². The quantitative estimate of drug-likeness (QED) is 0.784. The second kappa shape index (κ2) is 5.77. The summed E-state index contributed by atoms with van der Waals surface area (Å²) >= 11 is 6.09. The second-order valence-corrected chi connectivity index (χ2v) is 4.87. The zero-order valence-corrected chi connectivity index (χ0v) is 11.9. The molecule has 0 radical (unpaired) electrons. The maximum absolute atomic E-state index is 10.7. The van der Waals surface area contributed by atoms with E-state index in [-0.39, 0.29) is 0 Å². The molecule has 0 fully saturated rings. The Morgan fingerprint density at radius 2 is 1.85 bits per heavy atom. The highest BCUT2D eigenvalue weighted by Gasteiger charge is 2.10. The Kier molecular flexibility index (Phi) is 4.07. The van der Waals surface area contributed by atoms with Crippen LogP contribution in [0.4, 0.5) is 0 Å². The van der Waals surface area contributed by atoms with Crippen LogP contribution in [-0.4, -0.2) is 6.29 Å². The van der Waals surface area contributed by atoms with Crippen molar-refractivity contribution in [2.75, 3.05) is 0 Å². The Hall–Kier alpha value is -2.31. The van der Waals surface area contributed by atoms with Crippen molar-refractivity contribution in [3.8, 4) is 17.6 Å². The first-order valence-electron chi connectivity index (χ1n) is 5.99. The lowest BCUT2D eigenvalue weighted by atomic mass is 10.1. The van der Waals surface area contributed by atoms with E-state index < -0.39 is 0 Å². The van der Waals surface area contributed by atoms with Gasteiger partial charge in [-0.25, -0.2) is 0 Å². The van der Waals surface area contributed by atoms with Gasteiger partial charge in [0.05, 0.1) is 16.7 Å². The van der Waals surface area contributed by atoms with Crippen LogP contribution < -0.4 is 4.74 Å². The van der Waals surface area contributed by atoms with Gasteiger partial charge in [-0.05, 0) is 55.3 Å². The molecule has 20 heavy (non-hydrogen) atoms. The van der Waals surface area contributed by atoms with E-state index in [1.807, 2.05) is 13.8 Å². The Morgan fingerprint density at radius 3 is 2.35 bits per heavy atom. The lowest BCUT2D eigenvalue weighted by Gasteiger charge is -2.13. The number of carbonyl (C=O) groups excluding carboxylic acids is 1. The molecule has 100 valence electrons. The van der Waals surface area contributed by atoms with Crippen molar-refractivity contribution in [1.29, 1.82) is 5.26 Å². The number of aryl methyl sites for hydroxylation is 2. The Morgan fingerprint density at radius 1 is 1.20 bits per heavy atom. The first kappa shape index (κ1) is 14.1. The molecule has 0 aliphatic heterocycles. The number of benzene rings is 2. The van der Waals surface area contributed by atoms with Crippen LogP contribution >= 0.6 is 11.6 Å². The number of nitrogens with zero attached hydrogens (tertiary/aromatic N) is 1. The van der Waals surface area contributed by atoms with Crippen molar-refractivity contribution in [2.24, 2.45) is 0 Å². The first-order valence-corrected chi connectivity index (χ1v) is 6.37. The normalized spacial score (nSPS) is 9.90. The van der Waals surface area contributed by atoms with Gasteiger partial charge < -0.3 is 4.74 Å². The molecular weight excluding hydrogens is 274 g/mol. The Labute approximate surface area is 122 Å². The van der Waals surface area contributed by atoms with Crippen molar-refractivity contribution in [2.45, 2.75) is 13.8 Å². The van der Waals surface area contributed by atoms with Gasteiger partial charge in [0.2, 0.25) is 0 Å². The lowest BCUT2D eigenvalue weighted by Crippen LogP contribution is -1.94. The number of carbonyl (C=O) groups is 1. The molecule has 2 rings (SSSR count). The van der Waals surface area contributed by atoms with Crippen molar-refractivity contribution in [3.63, 3.8) is 0 Å². The van der Waals surface area contributed by atoms with Crippen molar-refractivity contribution in [3.05, 3.63) is 57.6 Å². The number of aldehydes is 1. The summed E-state index contributed by atoms with van der Waals surface area (Å²) in [7, 11) is 0. The van der Waals surface area contributed by atoms with Gasteiger partial charge in [0.25, 0.3) is 0 Å². The summed E-state index contributed by atoms with van der Waals surface area (Å²) in [6.45, 7) is 3.74. The topological polar surface area (TPSA) is 50.1 Å². The molecule has 0 atom stereocenters. The van der Waals surface area contributed by atoms with Gasteiger partial charge in [0.1, 0.15) is 17.8 Å². The van der Waals surface area contributed by atoms with Crippen molar-refractivity contribution >= 4 is 17.9 Å². The average molecular weight is 286 g/mol. The lowest BCUT2D eigenvalue weighted by molar-refractivity contribution is 0.112. The van der Waals surface area contributed by atoms with Crippen LogP contribution in [0.5, 0.6) is 11.5 Å². The molecule has 3 nitrogen and oxygen atoms in total. The van der Waals surface area contributed by atoms with E-state index in [2.05, 4.69) is 6.07 Å². The summed E-state index contributed by atoms with van der Waals surface area (Å²) in [6.07, 6.45) is 0.730. The standard InChI is InChI=1S/C16H12ClNO2/c1-10-5-13(8-18)6-11(2)16(10)20-15-4-3-12(9-19)7-14(15)17/h3-7,9H,1-2H3. The van der Waals surface area contributed by atoms with Crippen LogP contribution in [0.2, 0.25) is 5.02 Å². The number of nitriles is 1. The molecule has 0 aromatic heterocycles. The Bertz CT molecular complexity index is 694. The molecule has 0 amide bonds. The van der Waals surface area contributed by atoms with E-state index in [1.54, 1.807) is 30.3 Å². The molecule has 0 spiro atoms. The van der Waals surface area contributed by atoms with Gasteiger partial charge in [-0.3, -0.25) is 4.79 Å². The maximum Gasteiger partial charge on any atom is 0.150 e. The number of hydrogen-bond acceptors (Lipinski definition) is 3. The minimum Gasteiger partial charge on any atom is -0.455 e. The van der Waals surface area contributed by atoms with Crippen LogP contribution in [0.15, 0.2) is 30.3 Å². The molecule has 0 saturated heterocycles. The van der Waals surface area contributed by atoms with Crippen LogP contribution in [0.3, 0.4) is 0 Å². The van der Waals surface area contributed by atoms with E-state index in [1.165, 1.54) is 0 Å². The summed E-state index contributed by atoms with van der Waals surface area (Å²) in [5.41, 5.74) is 2.81. The monoisotopic (exact) mass is 285 g/mol. The molecule has 0 unspecified atom stereocenters. The van der Waals surface area contributed by atoms with Crippen molar-refractivity contribution in [1.82, 2.24) is 0 Å². The predicted octanol–water partition coefficient (Wildman–Crippen LogP) is 4.43. The largest absolute Gasteiger partial charge is 0.455 e. The smallest absolute Gasteiger partial charge is 0.150 e. The van der Waals surface area contributed by atoms with Crippen LogP contribution in [-0.2, 0) is 0 Å². The first-order chi connectivity index (χ1) is 9.55. The zero-order valence-electron chi connectivity index (χ0n) is 11.1. The van der Waals surface area contributed by atoms with Gasteiger partial charge in [0, 0.05) is 5.56 Å². The number of ether oxygens (including phenoxy) is 1. The molecule has 0 saturated carbocycles. The minimum absolute atomic E-state index is 0.373. The molecule has 2 aromatic carbocycles. The third-order valence-corrected chi connectivity index (χ3v) is 3.19. The summed E-state index contributed by atoms with van der Waals surface area (Å²) in [6, 6.07) is 10.5. The molecule has 0 heterocycles. The maximum atomic E-state index is 10.7. The predicted molar refractivity (Wildman–Crippen MR) is 77.5 cm³/mol. The average Bonchev–Trinajstić information content (AvgIpc) is 2.43. The van der Waals surface area contributed by atoms with Crippen LogP contribution in [0.25, 0.3) is 0 Å². The number of hydrogen-bond donors (Lipinski definition) is 0. The molecule has 0 N–H and O–H groups in total. The highest BCUT2D eigenvalue weighted by molar-refractivity contribution is 6.32. The minimum atomic E-state index is 0.373.